The maximum atomic E-state index is 8.63. The maximum absolute atomic E-state index is 8.63. The molecule has 0 bridgehead atoms. The van der Waals surface area contributed by atoms with E-state index in [1.54, 1.807) is 18.2 Å². The molecule has 4 nitrogen and oxygen atoms in total. The molecule has 0 unspecified atom stereocenters. The SMILES string of the molecule is COC(=C(C#N)C#N)c1cc(Br)co1. The molecule has 0 N–H and O–H groups in total. The summed E-state index contributed by atoms with van der Waals surface area (Å²) in [6, 6.07) is 5.08. The van der Waals surface area contributed by atoms with Crippen LogP contribution in [-0.4, -0.2) is 7.11 Å². The fraction of sp³-hybridized carbons (Fsp3) is 0.111. The Morgan fingerprint density at radius 1 is 1.50 bits per heavy atom. The van der Waals surface area contributed by atoms with E-state index in [0.29, 0.717) is 5.76 Å². The second-order valence-electron chi connectivity index (χ2n) is 2.26. The highest BCUT2D eigenvalue weighted by atomic mass is 79.9. The van der Waals surface area contributed by atoms with E-state index in [1.807, 2.05) is 0 Å². The lowest BCUT2D eigenvalue weighted by molar-refractivity contribution is 0.351. The molecule has 0 aliphatic rings. The van der Waals surface area contributed by atoms with Gasteiger partial charge in [0.25, 0.3) is 0 Å². The van der Waals surface area contributed by atoms with Gasteiger partial charge >= 0.3 is 0 Å². The van der Waals surface area contributed by atoms with Gasteiger partial charge in [0.15, 0.2) is 17.1 Å². The van der Waals surface area contributed by atoms with Crippen molar-refractivity contribution in [1.29, 1.82) is 10.5 Å². The normalized spacial score (nSPS) is 8.57. The number of ether oxygens (including phenoxy) is 1. The second kappa shape index (κ2) is 4.50. The molecular weight excluding hydrogens is 248 g/mol. The summed E-state index contributed by atoms with van der Waals surface area (Å²) < 4.78 is 10.7. The summed E-state index contributed by atoms with van der Waals surface area (Å²) in [5.41, 5.74) is -0.116. The number of hydrogen-bond donors (Lipinski definition) is 0. The van der Waals surface area contributed by atoms with Crippen molar-refractivity contribution in [2.75, 3.05) is 7.11 Å². The third kappa shape index (κ3) is 1.95. The molecule has 0 fully saturated rings. The third-order valence-electron chi connectivity index (χ3n) is 1.45. The third-order valence-corrected chi connectivity index (χ3v) is 1.86. The lowest BCUT2D eigenvalue weighted by Crippen LogP contribution is -1.89. The zero-order valence-corrected chi connectivity index (χ0v) is 8.83. The number of methoxy groups -OCH3 is 1. The number of rotatable bonds is 2. The minimum Gasteiger partial charge on any atom is -0.491 e. The smallest absolute Gasteiger partial charge is 0.190 e. The quantitative estimate of drug-likeness (QED) is 0.599. The van der Waals surface area contributed by atoms with Crippen molar-refractivity contribution < 1.29 is 9.15 Å². The molecule has 5 heteroatoms. The van der Waals surface area contributed by atoms with E-state index in [4.69, 9.17) is 19.7 Å². The van der Waals surface area contributed by atoms with Crippen molar-refractivity contribution in [3.63, 3.8) is 0 Å². The molecule has 0 atom stereocenters. The van der Waals surface area contributed by atoms with Crippen molar-refractivity contribution in [2.45, 2.75) is 0 Å². The van der Waals surface area contributed by atoms with Gasteiger partial charge in [-0.2, -0.15) is 10.5 Å². The number of nitrogens with zero attached hydrogens (tertiary/aromatic N) is 2. The van der Waals surface area contributed by atoms with Gasteiger partial charge in [-0.05, 0) is 15.9 Å². The summed E-state index contributed by atoms with van der Waals surface area (Å²) in [4.78, 5) is 0. The van der Waals surface area contributed by atoms with Crippen LogP contribution in [0.25, 0.3) is 5.76 Å². The molecule has 0 saturated heterocycles. The average Bonchev–Trinajstić information content (AvgIpc) is 2.60. The summed E-state index contributed by atoms with van der Waals surface area (Å²) in [6.45, 7) is 0. The van der Waals surface area contributed by atoms with Crippen LogP contribution in [0.3, 0.4) is 0 Å². The molecule has 0 radical (unpaired) electrons. The Bertz CT molecular complexity index is 432. The van der Waals surface area contributed by atoms with Gasteiger partial charge in [0, 0.05) is 6.07 Å². The van der Waals surface area contributed by atoms with Crippen LogP contribution in [0.15, 0.2) is 26.8 Å². The number of allylic oxidation sites excluding steroid dienone is 1. The molecule has 1 heterocycles. The van der Waals surface area contributed by atoms with E-state index in [1.165, 1.54) is 13.4 Å². The van der Waals surface area contributed by atoms with Crippen LogP contribution in [0.2, 0.25) is 0 Å². The zero-order chi connectivity index (χ0) is 10.6. The second-order valence-corrected chi connectivity index (χ2v) is 3.18. The van der Waals surface area contributed by atoms with Gasteiger partial charge in [0.05, 0.1) is 11.6 Å². The highest BCUT2D eigenvalue weighted by Gasteiger charge is 2.13. The predicted octanol–water partition coefficient (Wildman–Crippen LogP) is 2.45. The maximum Gasteiger partial charge on any atom is 0.190 e. The van der Waals surface area contributed by atoms with E-state index in [2.05, 4.69) is 15.9 Å². The average molecular weight is 253 g/mol. The van der Waals surface area contributed by atoms with E-state index in [9.17, 15) is 0 Å². The predicted molar refractivity (Wildman–Crippen MR) is 51.6 cm³/mol. The van der Waals surface area contributed by atoms with Gasteiger partial charge in [-0.25, -0.2) is 0 Å². The van der Waals surface area contributed by atoms with Gasteiger partial charge in [-0.1, -0.05) is 0 Å². The van der Waals surface area contributed by atoms with Crippen LogP contribution < -0.4 is 0 Å². The molecule has 1 aromatic heterocycles. The fourth-order valence-corrected chi connectivity index (χ4v) is 1.19. The standard InChI is InChI=1S/C9H5BrN2O2/c1-13-9(6(3-11)4-12)8-2-7(10)5-14-8/h2,5H,1H3. The molecule has 0 aromatic carbocycles. The minimum absolute atomic E-state index is 0.116. The van der Waals surface area contributed by atoms with E-state index >= 15 is 0 Å². The van der Waals surface area contributed by atoms with Crippen molar-refractivity contribution >= 4 is 21.7 Å². The summed E-state index contributed by atoms with van der Waals surface area (Å²) in [7, 11) is 1.38. The fourth-order valence-electron chi connectivity index (χ4n) is 0.885. The van der Waals surface area contributed by atoms with Gasteiger partial charge in [0.2, 0.25) is 0 Å². The van der Waals surface area contributed by atoms with E-state index in [-0.39, 0.29) is 11.3 Å². The first-order chi connectivity index (χ1) is 6.72. The minimum atomic E-state index is -0.116. The van der Waals surface area contributed by atoms with Crippen LogP contribution >= 0.6 is 15.9 Å². The molecule has 0 spiro atoms. The van der Waals surface area contributed by atoms with Crippen molar-refractivity contribution in [2.24, 2.45) is 0 Å². The Labute approximate surface area is 89.1 Å². The number of nitriles is 2. The molecule has 70 valence electrons. The van der Waals surface area contributed by atoms with Crippen LogP contribution in [0.4, 0.5) is 0 Å². The molecule has 0 amide bonds. The molecule has 0 aliphatic heterocycles. The first kappa shape index (κ1) is 10.4. The van der Waals surface area contributed by atoms with Crippen LogP contribution in [0.1, 0.15) is 5.76 Å². The summed E-state index contributed by atoms with van der Waals surface area (Å²) in [5, 5.41) is 17.3. The Morgan fingerprint density at radius 2 is 2.14 bits per heavy atom. The lowest BCUT2D eigenvalue weighted by atomic mass is 10.2. The van der Waals surface area contributed by atoms with Gasteiger partial charge in [-0.15, -0.1) is 0 Å². The Kier molecular flexibility index (Phi) is 3.33. The summed E-state index contributed by atoms with van der Waals surface area (Å²) in [5.74, 6) is 0.484. The first-order valence-corrected chi connectivity index (χ1v) is 4.35. The lowest BCUT2D eigenvalue weighted by Gasteiger charge is -2.00. The number of hydrogen-bond acceptors (Lipinski definition) is 4. The van der Waals surface area contributed by atoms with Crippen molar-refractivity contribution in [3.8, 4) is 12.1 Å². The highest BCUT2D eigenvalue weighted by molar-refractivity contribution is 9.10. The molecule has 1 rings (SSSR count). The molecular formula is C9H5BrN2O2. The van der Waals surface area contributed by atoms with Gasteiger partial charge < -0.3 is 9.15 Å². The summed E-state index contributed by atoms with van der Waals surface area (Å²) in [6.07, 6.45) is 1.45. The van der Waals surface area contributed by atoms with Gasteiger partial charge in [0.1, 0.15) is 18.4 Å². The molecule has 1 aromatic rings. The Morgan fingerprint density at radius 3 is 2.50 bits per heavy atom. The zero-order valence-electron chi connectivity index (χ0n) is 7.24. The van der Waals surface area contributed by atoms with Crippen LogP contribution in [0, 0.1) is 22.7 Å². The Hall–Kier alpha value is -1.72. The van der Waals surface area contributed by atoms with E-state index < -0.39 is 0 Å². The topological polar surface area (TPSA) is 69.9 Å². The first-order valence-electron chi connectivity index (χ1n) is 3.55. The van der Waals surface area contributed by atoms with E-state index in [0.717, 1.165) is 4.47 Å². The monoisotopic (exact) mass is 252 g/mol. The van der Waals surface area contributed by atoms with Crippen molar-refractivity contribution in [3.05, 3.63) is 28.1 Å². The largest absolute Gasteiger partial charge is 0.491 e. The molecule has 0 saturated carbocycles. The van der Waals surface area contributed by atoms with Gasteiger partial charge in [-0.3, -0.25) is 0 Å². The molecule has 14 heavy (non-hydrogen) atoms. The van der Waals surface area contributed by atoms with Crippen LogP contribution in [-0.2, 0) is 4.74 Å². The highest BCUT2D eigenvalue weighted by Crippen LogP contribution is 2.24. The molecule has 0 aliphatic carbocycles. The Balaban J connectivity index is 3.25. The van der Waals surface area contributed by atoms with Crippen LogP contribution in [0.5, 0.6) is 0 Å². The number of furan rings is 1. The van der Waals surface area contributed by atoms with Crippen molar-refractivity contribution in [1.82, 2.24) is 0 Å². The number of halogens is 1. The summed E-state index contributed by atoms with van der Waals surface area (Å²) >= 11 is 3.18.